The Labute approximate surface area is 152 Å². The molecule has 1 aromatic heterocycles. The fourth-order valence-electron chi connectivity index (χ4n) is 2.52. The second-order valence-electron chi connectivity index (χ2n) is 6.12. The molecule has 3 rings (SSSR count). The highest BCUT2D eigenvalue weighted by atomic mass is 16.5. The fraction of sp³-hybridized carbons (Fsp3) is 0.250. The molecule has 26 heavy (non-hydrogen) atoms. The maximum absolute atomic E-state index is 12.2. The summed E-state index contributed by atoms with van der Waals surface area (Å²) >= 11 is 0. The third kappa shape index (κ3) is 4.27. The minimum atomic E-state index is -0.135. The summed E-state index contributed by atoms with van der Waals surface area (Å²) in [5.74, 6) is 1.39. The molecule has 3 aromatic rings. The van der Waals surface area contributed by atoms with Crippen molar-refractivity contribution in [3.05, 3.63) is 59.5 Å². The van der Waals surface area contributed by atoms with E-state index in [1.165, 1.54) is 0 Å². The Morgan fingerprint density at radius 1 is 1.08 bits per heavy atom. The van der Waals surface area contributed by atoms with Crippen LogP contribution in [0.4, 0.5) is 5.69 Å². The molecule has 0 spiro atoms. The van der Waals surface area contributed by atoms with Gasteiger partial charge in [0.05, 0.1) is 12.8 Å². The van der Waals surface area contributed by atoms with Gasteiger partial charge in [0.1, 0.15) is 5.75 Å². The number of hydrogen-bond donors (Lipinski definition) is 1. The molecule has 0 aliphatic rings. The molecule has 1 N–H and O–H groups in total. The SMILES string of the molecule is COc1ccc(C)cc1NC(=O)CCc1nnc(-c2ccc(C)cc2)o1. The standard InChI is InChI=1S/C20H21N3O3/c1-13-4-7-15(8-5-13)20-23-22-19(26-20)11-10-18(24)21-16-12-14(2)6-9-17(16)25-3/h4-9,12H,10-11H2,1-3H3,(H,21,24). The van der Waals surface area contributed by atoms with E-state index < -0.39 is 0 Å². The number of ether oxygens (including phenoxy) is 1. The van der Waals surface area contributed by atoms with E-state index in [1.54, 1.807) is 7.11 Å². The van der Waals surface area contributed by atoms with Crippen molar-refractivity contribution in [1.29, 1.82) is 0 Å². The quantitative estimate of drug-likeness (QED) is 0.728. The Balaban J connectivity index is 1.60. The highest BCUT2D eigenvalue weighted by molar-refractivity contribution is 5.92. The molecule has 0 saturated heterocycles. The monoisotopic (exact) mass is 351 g/mol. The predicted molar refractivity (Wildman–Crippen MR) is 99.2 cm³/mol. The van der Waals surface area contributed by atoms with Crippen molar-refractivity contribution in [1.82, 2.24) is 10.2 Å². The minimum Gasteiger partial charge on any atom is -0.495 e. The average molecular weight is 351 g/mol. The highest BCUT2D eigenvalue weighted by Gasteiger charge is 2.12. The van der Waals surface area contributed by atoms with E-state index in [0.717, 1.165) is 16.7 Å². The molecule has 1 heterocycles. The second kappa shape index (κ2) is 7.82. The summed E-state index contributed by atoms with van der Waals surface area (Å²) in [6, 6.07) is 13.5. The third-order valence-corrected chi connectivity index (χ3v) is 3.96. The van der Waals surface area contributed by atoms with Crippen molar-refractivity contribution >= 4 is 11.6 Å². The second-order valence-corrected chi connectivity index (χ2v) is 6.12. The molecule has 2 aromatic carbocycles. The number of hydrogen-bond acceptors (Lipinski definition) is 5. The first-order valence-corrected chi connectivity index (χ1v) is 8.39. The van der Waals surface area contributed by atoms with Crippen molar-refractivity contribution in [3.63, 3.8) is 0 Å². The summed E-state index contributed by atoms with van der Waals surface area (Å²) < 4.78 is 10.9. The first-order valence-electron chi connectivity index (χ1n) is 8.39. The molecular weight excluding hydrogens is 330 g/mol. The van der Waals surface area contributed by atoms with Gasteiger partial charge in [-0.3, -0.25) is 4.79 Å². The van der Waals surface area contributed by atoms with Gasteiger partial charge in [0, 0.05) is 18.4 Å². The van der Waals surface area contributed by atoms with Crippen LogP contribution in [0, 0.1) is 13.8 Å². The number of anilines is 1. The molecule has 0 unspecified atom stereocenters. The van der Waals surface area contributed by atoms with Gasteiger partial charge >= 0.3 is 0 Å². The topological polar surface area (TPSA) is 77.2 Å². The summed E-state index contributed by atoms with van der Waals surface area (Å²) in [6.45, 7) is 3.98. The molecule has 0 atom stereocenters. The lowest BCUT2D eigenvalue weighted by Gasteiger charge is -2.10. The van der Waals surface area contributed by atoms with Crippen molar-refractivity contribution in [2.45, 2.75) is 26.7 Å². The van der Waals surface area contributed by atoms with Gasteiger partial charge in [0.15, 0.2) is 0 Å². The normalized spacial score (nSPS) is 10.6. The number of amides is 1. The number of methoxy groups -OCH3 is 1. The Kier molecular flexibility index (Phi) is 5.31. The van der Waals surface area contributed by atoms with Gasteiger partial charge in [-0.05, 0) is 43.7 Å². The van der Waals surface area contributed by atoms with Crippen molar-refractivity contribution < 1.29 is 13.9 Å². The first kappa shape index (κ1) is 17.7. The van der Waals surface area contributed by atoms with Crippen molar-refractivity contribution in [3.8, 4) is 17.2 Å². The lowest BCUT2D eigenvalue weighted by molar-refractivity contribution is -0.116. The van der Waals surface area contributed by atoms with Crippen LogP contribution in [0.3, 0.4) is 0 Å². The van der Waals surface area contributed by atoms with Crippen LogP contribution in [0.25, 0.3) is 11.5 Å². The van der Waals surface area contributed by atoms with Crippen LogP contribution >= 0.6 is 0 Å². The smallest absolute Gasteiger partial charge is 0.247 e. The minimum absolute atomic E-state index is 0.135. The van der Waals surface area contributed by atoms with Gasteiger partial charge in [0.2, 0.25) is 17.7 Å². The van der Waals surface area contributed by atoms with E-state index in [9.17, 15) is 4.79 Å². The Morgan fingerprint density at radius 3 is 2.54 bits per heavy atom. The van der Waals surface area contributed by atoms with Gasteiger partial charge < -0.3 is 14.5 Å². The maximum Gasteiger partial charge on any atom is 0.247 e. The number of aryl methyl sites for hydroxylation is 3. The molecule has 1 amide bonds. The van der Waals surface area contributed by atoms with Crippen LogP contribution < -0.4 is 10.1 Å². The maximum atomic E-state index is 12.2. The molecule has 0 aliphatic carbocycles. The zero-order chi connectivity index (χ0) is 18.5. The highest BCUT2D eigenvalue weighted by Crippen LogP contribution is 2.25. The van der Waals surface area contributed by atoms with Crippen LogP contribution in [0.2, 0.25) is 0 Å². The summed E-state index contributed by atoms with van der Waals surface area (Å²) in [7, 11) is 1.57. The Hall–Kier alpha value is -3.15. The zero-order valence-corrected chi connectivity index (χ0v) is 15.1. The number of rotatable bonds is 6. The van der Waals surface area contributed by atoms with E-state index in [-0.39, 0.29) is 12.3 Å². The number of carbonyl (C=O) groups excluding carboxylic acids is 1. The van der Waals surface area contributed by atoms with Crippen molar-refractivity contribution in [2.75, 3.05) is 12.4 Å². The summed E-state index contributed by atoms with van der Waals surface area (Å²) in [5.41, 5.74) is 3.73. The molecule has 6 heteroatoms. The van der Waals surface area contributed by atoms with Crippen molar-refractivity contribution in [2.24, 2.45) is 0 Å². The Bertz CT molecular complexity index is 901. The molecule has 0 aliphatic heterocycles. The zero-order valence-electron chi connectivity index (χ0n) is 15.1. The van der Waals surface area contributed by atoms with Crippen LogP contribution in [0.15, 0.2) is 46.9 Å². The molecule has 6 nitrogen and oxygen atoms in total. The van der Waals surface area contributed by atoms with Crippen LogP contribution in [-0.4, -0.2) is 23.2 Å². The molecule has 134 valence electrons. The van der Waals surface area contributed by atoms with Crippen LogP contribution in [0.5, 0.6) is 5.75 Å². The van der Waals surface area contributed by atoms with Crippen LogP contribution in [0.1, 0.15) is 23.4 Å². The molecule has 0 radical (unpaired) electrons. The summed E-state index contributed by atoms with van der Waals surface area (Å²) in [6.07, 6.45) is 0.617. The first-order chi connectivity index (χ1) is 12.5. The Morgan fingerprint density at radius 2 is 1.81 bits per heavy atom. The van der Waals surface area contributed by atoms with Gasteiger partial charge in [-0.2, -0.15) is 0 Å². The predicted octanol–water partition coefficient (Wildman–Crippen LogP) is 3.93. The summed E-state index contributed by atoms with van der Waals surface area (Å²) in [5, 5.41) is 10.9. The number of nitrogens with zero attached hydrogens (tertiary/aromatic N) is 2. The fourth-order valence-corrected chi connectivity index (χ4v) is 2.52. The molecule has 0 bridgehead atoms. The van der Waals surface area contributed by atoms with Crippen LogP contribution in [-0.2, 0) is 11.2 Å². The number of benzene rings is 2. The van der Waals surface area contributed by atoms with E-state index in [1.807, 2.05) is 56.3 Å². The molecule has 0 fully saturated rings. The number of aromatic nitrogens is 2. The van der Waals surface area contributed by atoms with E-state index in [4.69, 9.17) is 9.15 Å². The van der Waals surface area contributed by atoms with Gasteiger partial charge in [-0.15, -0.1) is 10.2 Å². The average Bonchev–Trinajstić information content (AvgIpc) is 3.10. The lowest BCUT2D eigenvalue weighted by Crippen LogP contribution is -2.13. The molecule has 0 saturated carbocycles. The van der Waals surface area contributed by atoms with Gasteiger partial charge in [-0.25, -0.2) is 0 Å². The van der Waals surface area contributed by atoms with E-state index in [2.05, 4.69) is 15.5 Å². The number of nitrogens with one attached hydrogen (secondary N) is 1. The molecular formula is C20H21N3O3. The number of carbonyl (C=O) groups is 1. The largest absolute Gasteiger partial charge is 0.495 e. The van der Waals surface area contributed by atoms with Gasteiger partial charge in [-0.1, -0.05) is 23.8 Å². The van der Waals surface area contributed by atoms with E-state index >= 15 is 0 Å². The van der Waals surface area contributed by atoms with E-state index in [0.29, 0.717) is 29.6 Å². The third-order valence-electron chi connectivity index (χ3n) is 3.96. The summed E-state index contributed by atoms with van der Waals surface area (Å²) in [4.78, 5) is 12.2. The lowest BCUT2D eigenvalue weighted by atomic mass is 10.1. The van der Waals surface area contributed by atoms with Gasteiger partial charge in [0.25, 0.3) is 0 Å².